The molecule has 2 aromatic carbocycles. The summed E-state index contributed by atoms with van der Waals surface area (Å²) in [4.78, 5) is 32.8. The molecule has 2 N–H and O–H groups in total. The van der Waals surface area contributed by atoms with Crippen LogP contribution >= 0.6 is 0 Å². The number of nitrogens with zero attached hydrogens (tertiary/aromatic N) is 5. The number of benzene rings is 2. The van der Waals surface area contributed by atoms with Crippen molar-refractivity contribution in [2.45, 2.75) is 32.9 Å². The van der Waals surface area contributed by atoms with Crippen LogP contribution in [0.4, 0.5) is 22.0 Å². The third-order valence-corrected chi connectivity index (χ3v) is 7.87. The topological polar surface area (TPSA) is 85.7 Å². The van der Waals surface area contributed by atoms with Crippen LogP contribution in [0, 0.1) is 12.8 Å². The Labute approximate surface area is 223 Å². The zero-order chi connectivity index (χ0) is 26.2. The lowest BCUT2D eigenvalue weighted by Crippen LogP contribution is -2.51. The van der Waals surface area contributed by atoms with Crippen LogP contribution in [0.25, 0.3) is 0 Å². The fraction of sp³-hybridized carbons (Fsp3) is 0.414. The molecule has 6 rings (SSSR count). The van der Waals surface area contributed by atoms with Crippen LogP contribution in [0.1, 0.15) is 39.9 Å². The highest BCUT2D eigenvalue weighted by Crippen LogP contribution is 2.36. The van der Waals surface area contributed by atoms with E-state index in [-0.39, 0.29) is 11.9 Å². The summed E-state index contributed by atoms with van der Waals surface area (Å²) >= 11 is 0. The molecule has 1 aliphatic carbocycles. The number of aryl methyl sites for hydroxylation is 2. The summed E-state index contributed by atoms with van der Waals surface area (Å²) < 4.78 is 1.79. The zero-order valence-electron chi connectivity index (χ0n) is 22.1. The number of carbonyl (C=O) groups is 2. The number of hydrogen-bond acceptors (Lipinski definition) is 5. The summed E-state index contributed by atoms with van der Waals surface area (Å²) in [6.07, 6.45) is 4.52. The number of amides is 3. The van der Waals surface area contributed by atoms with Gasteiger partial charge in [0.1, 0.15) is 5.82 Å². The second-order valence-electron chi connectivity index (χ2n) is 10.7. The zero-order valence-corrected chi connectivity index (χ0v) is 22.1. The van der Waals surface area contributed by atoms with E-state index in [9.17, 15) is 9.59 Å². The number of fused-ring (bicyclic) bond motifs is 2. The van der Waals surface area contributed by atoms with Crippen LogP contribution < -0.4 is 15.5 Å². The Morgan fingerprint density at radius 3 is 2.63 bits per heavy atom. The number of aromatic nitrogens is 2. The average molecular weight is 514 g/mol. The van der Waals surface area contributed by atoms with Crippen LogP contribution in [0.2, 0.25) is 0 Å². The quantitative estimate of drug-likeness (QED) is 0.541. The molecule has 2 fully saturated rings. The van der Waals surface area contributed by atoms with Crippen molar-refractivity contribution < 1.29 is 9.59 Å². The van der Waals surface area contributed by atoms with Crippen LogP contribution in [0.3, 0.4) is 0 Å². The van der Waals surface area contributed by atoms with Gasteiger partial charge in [0.05, 0.1) is 24.1 Å². The predicted molar refractivity (Wildman–Crippen MR) is 148 cm³/mol. The Morgan fingerprint density at radius 1 is 1.08 bits per heavy atom. The Balaban J connectivity index is 1.12. The van der Waals surface area contributed by atoms with Crippen molar-refractivity contribution in [1.29, 1.82) is 0 Å². The van der Waals surface area contributed by atoms with Crippen molar-refractivity contribution in [3.8, 4) is 0 Å². The van der Waals surface area contributed by atoms with Gasteiger partial charge >= 0.3 is 6.03 Å². The van der Waals surface area contributed by atoms with Gasteiger partial charge in [-0.1, -0.05) is 24.3 Å². The lowest BCUT2D eigenvalue weighted by molar-refractivity contribution is 0.0984. The summed E-state index contributed by atoms with van der Waals surface area (Å²) in [7, 11) is 1.89. The maximum Gasteiger partial charge on any atom is 0.317 e. The average Bonchev–Trinajstić information content (AvgIpc) is 3.71. The monoisotopic (exact) mass is 513 g/mol. The van der Waals surface area contributed by atoms with Gasteiger partial charge in [-0.15, -0.1) is 0 Å². The molecule has 3 heterocycles. The summed E-state index contributed by atoms with van der Waals surface area (Å²) in [5, 5.41) is 10.9. The number of piperazine rings is 1. The summed E-state index contributed by atoms with van der Waals surface area (Å²) in [6.45, 7) is 7.46. The number of urea groups is 1. The second kappa shape index (κ2) is 10.1. The van der Waals surface area contributed by atoms with Crippen molar-refractivity contribution in [2.24, 2.45) is 13.0 Å². The Kier molecular flexibility index (Phi) is 6.53. The van der Waals surface area contributed by atoms with Gasteiger partial charge in [0.25, 0.3) is 5.91 Å². The normalized spacial score (nSPS) is 17.3. The van der Waals surface area contributed by atoms with Crippen molar-refractivity contribution in [1.82, 2.24) is 24.9 Å². The molecule has 3 aromatic rings. The molecule has 9 nitrogen and oxygen atoms in total. The summed E-state index contributed by atoms with van der Waals surface area (Å²) in [5.74, 6) is 1.71. The minimum absolute atomic E-state index is 0.0187. The highest BCUT2D eigenvalue weighted by Gasteiger charge is 2.29. The molecular formula is C29H35N7O2. The van der Waals surface area contributed by atoms with Gasteiger partial charge in [-0.05, 0) is 55.0 Å². The number of carbonyl (C=O) groups excluding carboxylic acids is 2. The molecule has 1 saturated carbocycles. The van der Waals surface area contributed by atoms with Gasteiger partial charge in [-0.3, -0.25) is 14.4 Å². The fourth-order valence-corrected chi connectivity index (χ4v) is 5.45. The van der Waals surface area contributed by atoms with E-state index in [0.29, 0.717) is 18.7 Å². The van der Waals surface area contributed by atoms with E-state index in [2.05, 4.69) is 20.6 Å². The maximum absolute atomic E-state index is 13.8. The molecular weight excluding hydrogens is 478 g/mol. The van der Waals surface area contributed by atoms with E-state index in [1.54, 1.807) is 10.9 Å². The molecule has 1 aromatic heterocycles. The van der Waals surface area contributed by atoms with E-state index >= 15 is 0 Å². The number of anilines is 3. The SMILES string of the molecule is Cc1cc(CNC(=O)N2CCN(CC3CC3)CC2)ccc1C(=O)N1Cc2cnn(C)c2Nc2ccccc21. The van der Waals surface area contributed by atoms with Crippen LogP contribution in [0.15, 0.2) is 48.7 Å². The lowest BCUT2D eigenvalue weighted by atomic mass is 10.0. The molecule has 0 bridgehead atoms. The molecule has 0 spiro atoms. The Morgan fingerprint density at radius 2 is 1.87 bits per heavy atom. The minimum Gasteiger partial charge on any atom is -0.338 e. The first kappa shape index (κ1) is 24.5. The van der Waals surface area contributed by atoms with Crippen molar-refractivity contribution in [3.05, 3.63) is 70.9 Å². The lowest BCUT2D eigenvalue weighted by Gasteiger charge is -2.34. The van der Waals surface area contributed by atoms with Crippen molar-refractivity contribution in [2.75, 3.05) is 42.9 Å². The number of hydrogen-bond donors (Lipinski definition) is 2. The first-order chi connectivity index (χ1) is 18.5. The molecule has 0 unspecified atom stereocenters. The van der Waals surface area contributed by atoms with E-state index in [1.165, 1.54) is 19.4 Å². The minimum atomic E-state index is -0.0619. The highest BCUT2D eigenvalue weighted by atomic mass is 16.2. The van der Waals surface area contributed by atoms with Crippen LogP contribution in [0.5, 0.6) is 0 Å². The van der Waals surface area contributed by atoms with Gasteiger partial charge in [-0.2, -0.15) is 5.10 Å². The molecule has 0 radical (unpaired) electrons. The predicted octanol–water partition coefficient (Wildman–Crippen LogP) is 3.87. The first-order valence-electron chi connectivity index (χ1n) is 13.5. The van der Waals surface area contributed by atoms with Gasteiger partial charge in [0.15, 0.2) is 0 Å². The Bertz CT molecular complexity index is 1350. The van der Waals surface area contributed by atoms with E-state index < -0.39 is 0 Å². The van der Waals surface area contributed by atoms with Gasteiger partial charge in [0.2, 0.25) is 0 Å². The van der Waals surface area contributed by atoms with E-state index in [0.717, 1.165) is 66.0 Å². The molecule has 1 saturated heterocycles. The van der Waals surface area contributed by atoms with Gasteiger partial charge in [-0.25, -0.2) is 4.79 Å². The molecule has 3 aliphatic rings. The molecule has 198 valence electrons. The third kappa shape index (κ3) is 4.98. The van der Waals surface area contributed by atoms with Crippen molar-refractivity contribution in [3.63, 3.8) is 0 Å². The second-order valence-corrected chi connectivity index (χ2v) is 10.7. The summed E-state index contributed by atoms with van der Waals surface area (Å²) in [5.41, 5.74) is 5.18. The molecule has 3 amide bonds. The largest absolute Gasteiger partial charge is 0.338 e. The smallest absolute Gasteiger partial charge is 0.317 e. The molecule has 38 heavy (non-hydrogen) atoms. The molecule has 0 atom stereocenters. The van der Waals surface area contributed by atoms with E-state index in [1.807, 2.05) is 66.2 Å². The Hall–Kier alpha value is -3.85. The highest BCUT2D eigenvalue weighted by molar-refractivity contribution is 6.09. The summed E-state index contributed by atoms with van der Waals surface area (Å²) in [6, 6.07) is 13.6. The third-order valence-electron chi connectivity index (χ3n) is 7.87. The van der Waals surface area contributed by atoms with Crippen LogP contribution in [-0.2, 0) is 20.1 Å². The van der Waals surface area contributed by atoms with Gasteiger partial charge < -0.3 is 20.4 Å². The molecule has 2 aliphatic heterocycles. The number of nitrogens with one attached hydrogen (secondary N) is 2. The standard InChI is InChI=1S/C29H35N7O2/c1-20-15-22(16-30-29(38)35-13-11-34(12-14-35)18-21-7-8-21)9-10-24(20)28(37)36-19-23-17-31-33(2)27(23)32-25-5-3-4-6-26(25)36/h3-6,9-10,15,17,21,32H,7-8,11-14,16,18-19H2,1-2H3,(H,30,38). The maximum atomic E-state index is 13.8. The fourth-order valence-electron chi connectivity index (χ4n) is 5.45. The van der Waals surface area contributed by atoms with Crippen LogP contribution in [-0.4, -0.2) is 64.2 Å². The van der Waals surface area contributed by atoms with Gasteiger partial charge in [0, 0.05) is 57.4 Å². The number of para-hydroxylation sites is 2. The van der Waals surface area contributed by atoms with E-state index in [4.69, 9.17) is 0 Å². The number of rotatable bonds is 5. The first-order valence-corrected chi connectivity index (χ1v) is 13.5. The molecule has 9 heteroatoms. The van der Waals surface area contributed by atoms with Crippen molar-refractivity contribution >= 4 is 29.1 Å².